The van der Waals surface area contributed by atoms with Crippen LogP contribution in [0.4, 0.5) is 0 Å². The van der Waals surface area contributed by atoms with E-state index < -0.39 is 0 Å². The second-order valence-corrected chi connectivity index (χ2v) is 6.00. The molecule has 5 heteroatoms. The standard InChI is InChI=1S/C13H22N4S/c1-10-16-12(9-18-10)8-17(3)13(14-2)15-7-11-5-4-6-11/h9,11H,4-8H2,1-3H3,(H,14,15). The molecule has 2 rings (SSSR count). The van der Waals surface area contributed by atoms with E-state index in [9.17, 15) is 0 Å². The van der Waals surface area contributed by atoms with Gasteiger partial charge in [0, 0.05) is 26.0 Å². The Balaban J connectivity index is 1.82. The van der Waals surface area contributed by atoms with E-state index in [0.717, 1.165) is 35.7 Å². The maximum Gasteiger partial charge on any atom is 0.193 e. The van der Waals surface area contributed by atoms with Crippen molar-refractivity contribution >= 4 is 17.3 Å². The summed E-state index contributed by atoms with van der Waals surface area (Å²) in [7, 11) is 3.90. The number of aromatic nitrogens is 1. The molecule has 0 amide bonds. The zero-order valence-corrected chi connectivity index (χ0v) is 12.3. The Morgan fingerprint density at radius 2 is 2.39 bits per heavy atom. The average molecular weight is 266 g/mol. The lowest BCUT2D eigenvalue weighted by molar-refractivity contribution is 0.310. The molecule has 0 bridgehead atoms. The Morgan fingerprint density at radius 1 is 1.61 bits per heavy atom. The minimum atomic E-state index is 0.814. The summed E-state index contributed by atoms with van der Waals surface area (Å²) < 4.78 is 0. The van der Waals surface area contributed by atoms with Gasteiger partial charge in [-0.15, -0.1) is 11.3 Å². The summed E-state index contributed by atoms with van der Waals surface area (Å²) in [6, 6.07) is 0. The number of nitrogens with zero attached hydrogens (tertiary/aromatic N) is 3. The van der Waals surface area contributed by atoms with E-state index in [1.54, 1.807) is 11.3 Å². The summed E-state index contributed by atoms with van der Waals surface area (Å²) in [4.78, 5) is 10.9. The lowest BCUT2D eigenvalue weighted by Crippen LogP contribution is -2.41. The van der Waals surface area contributed by atoms with Crippen molar-refractivity contribution in [2.45, 2.75) is 32.7 Å². The summed E-state index contributed by atoms with van der Waals surface area (Å²) in [5.74, 6) is 1.81. The van der Waals surface area contributed by atoms with Crippen molar-refractivity contribution < 1.29 is 0 Å². The Kier molecular flexibility index (Phi) is 4.58. The van der Waals surface area contributed by atoms with Crippen LogP contribution in [0.2, 0.25) is 0 Å². The fourth-order valence-corrected chi connectivity index (χ4v) is 2.72. The number of aliphatic imine (C=N–C) groups is 1. The van der Waals surface area contributed by atoms with E-state index in [4.69, 9.17) is 0 Å². The maximum absolute atomic E-state index is 4.48. The second kappa shape index (κ2) is 6.18. The van der Waals surface area contributed by atoms with Crippen LogP contribution in [-0.2, 0) is 6.54 Å². The highest BCUT2D eigenvalue weighted by Crippen LogP contribution is 2.25. The van der Waals surface area contributed by atoms with Crippen LogP contribution in [0.3, 0.4) is 0 Å². The molecule has 0 aliphatic heterocycles. The number of rotatable bonds is 4. The predicted molar refractivity (Wildman–Crippen MR) is 77.0 cm³/mol. The fourth-order valence-electron chi connectivity index (χ4n) is 2.12. The third-order valence-corrected chi connectivity index (χ3v) is 4.24. The molecule has 0 saturated heterocycles. The first-order valence-electron chi connectivity index (χ1n) is 6.52. The highest BCUT2D eigenvalue weighted by Gasteiger charge is 2.18. The molecule has 0 atom stereocenters. The summed E-state index contributed by atoms with van der Waals surface area (Å²) in [5, 5.41) is 6.69. The number of hydrogen-bond donors (Lipinski definition) is 1. The lowest BCUT2D eigenvalue weighted by Gasteiger charge is -2.28. The molecule has 100 valence electrons. The summed E-state index contributed by atoms with van der Waals surface area (Å²) in [5.41, 5.74) is 1.12. The first-order chi connectivity index (χ1) is 8.69. The second-order valence-electron chi connectivity index (χ2n) is 4.94. The number of nitrogens with one attached hydrogen (secondary N) is 1. The van der Waals surface area contributed by atoms with Gasteiger partial charge in [-0.05, 0) is 25.7 Å². The first-order valence-corrected chi connectivity index (χ1v) is 7.40. The monoisotopic (exact) mass is 266 g/mol. The van der Waals surface area contributed by atoms with Gasteiger partial charge in [0.2, 0.25) is 0 Å². The molecule has 18 heavy (non-hydrogen) atoms. The van der Waals surface area contributed by atoms with Gasteiger partial charge >= 0.3 is 0 Å². The molecule has 4 nitrogen and oxygen atoms in total. The summed E-state index contributed by atoms with van der Waals surface area (Å²) >= 11 is 1.70. The largest absolute Gasteiger partial charge is 0.356 e. The number of hydrogen-bond acceptors (Lipinski definition) is 3. The number of guanidine groups is 1. The van der Waals surface area contributed by atoms with Gasteiger partial charge < -0.3 is 10.2 Å². The molecule has 1 saturated carbocycles. The molecule has 0 aromatic carbocycles. The van der Waals surface area contributed by atoms with Crippen LogP contribution >= 0.6 is 11.3 Å². The van der Waals surface area contributed by atoms with E-state index in [0.29, 0.717) is 0 Å². The SMILES string of the molecule is CN=C(NCC1CCC1)N(C)Cc1csc(C)n1. The van der Waals surface area contributed by atoms with Crippen molar-refractivity contribution in [1.29, 1.82) is 0 Å². The van der Waals surface area contributed by atoms with Crippen LogP contribution in [0.5, 0.6) is 0 Å². The van der Waals surface area contributed by atoms with Crippen LogP contribution in [0.1, 0.15) is 30.0 Å². The smallest absolute Gasteiger partial charge is 0.193 e. The summed E-state index contributed by atoms with van der Waals surface area (Å²) in [6.45, 7) is 3.90. The molecule has 0 spiro atoms. The molecular weight excluding hydrogens is 244 g/mol. The van der Waals surface area contributed by atoms with E-state index in [2.05, 4.69) is 32.6 Å². The van der Waals surface area contributed by atoms with Crippen molar-refractivity contribution in [3.05, 3.63) is 16.1 Å². The molecule has 1 N–H and O–H groups in total. The van der Waals surface area contributed by atoms with E-state index >= 15 is 0 Å². The Hall–Kier alpha value is -1.10. The number of aryl methyl sites for hydroxylation is 1. The molecule has 0 unspecified atom stereocenters. The Labute approximate surface area is 113 Å². The average Bonchev–Trinajstić information content (AvgIpc) is 2.67. The Morgan fingerprint density at radius 3 is 2.89 bits per heavy atom. The fraction of sp³-hybridized carbons (Fsp3) is 0.692. The summed E-state index contributed by atoms with van der Waals surface area (Å²) in [6.07, 6.45) is 4.11. The van der Waals surface area contributed by atoms with Crippen LogP contribution in [0.25, 0.3) is 0 Å². The van der Waals surface area contributed by atoms with Crippen LogP contribution in [0, 0.1) is 12.8 Å². The molecule has 1 aromatic heterocycles. The quantitative estimate of drug-likeness (QED) is 0.671. The van der Waals surface area contributed by atoms with Gasteiger partial charge in [0.05, 0.1) is 17.2 Å². The van der Waals surface area contributed by atoms with E-state index in [-0.39, 0.29) is 0 Å². The van der Waals surface area contributed by atoms with Crippen molar-refractivity contribution in [3.63, 3.8) is 0 Å². The highest BCUT2D eigenvalue weighted by molar-refractivity contribution is 7.09. The minimum absolute atomic E-state index is 0.814. The molecule has 1 fully saturated rings. The van der Waals surface area contributed by atoms with Crippen molar-refractivity contribution in [3.8, 4) is 0 Å². The first kappa shape index (κ1) is 13.3. The van der Waals surface area contributed by atoms with Crippen LogP contribution in [0.15, 0.2) is 10.4 Å². The molecule has 1 aliphatic carbocycles. The molecular formula is C13H22N4S. The van der Waals surface area contributed by atoms with Crippen molar-refractivity contribution in [2.75, 3.05) is 20.6 Å². The van der Waals surface area contributed by atoms with Gasteiger partial charge in [-0.1, -0.05) is 6.42 Å². The van der Waals surface area contributed by atoms with Gasteiger partial charge in [-0.2, -0.15) is 0 Å². The number of thiazole rings is 1. The van der Waals surface area contributed by atoms with Crippen LogP contribution in [-0.4, -0.2) is 36.5 Å². The van der Waals surface area contributed by atoms with Gasteiger partial charge in [-0.3, -0.25) is 4.99 Å². The van der Waals surface area contributed by atoms with Gasteiger partial charge in [0.15, 0.2) is 5.96 Å². The van der Waals surface area contributed by atoms with Gasteiger partial charge in [0.1, 0.15) is 0 Å². The molecule has 1 aliphatic rings. The maximum atomic E-state index is 4.48. The Bertz CT molecular complexity index is 409. The van der Waals surface area contributed by atoms with E-state index in [1.165, 1.54) is 19.3 Å². The lowest BCUT2D eigenvalue weighted by atomic mass is 9.85. The predicted octanol–water partition coefficient (Wildman–Crippen LogP) is 2.26. The van der Waals surface area contributed by atoms with E-state index in [1.807, 2.05) is 14.0 Å². The molecule has 0 radical (unpaired) electrons. The van der Waals surface area contributed by atoms with Crippen LogP contribution < -0.4 is 5.32 Å². The molecule has 1 heterocycles. The topological polar surface area (TPSA) is 40.5 Å². The highest BCUT2D eigenvalue weighted by atomic mass is 32.1. The van der Waals surface area contributed by atoms with Crippen molar-refractivity contribution in [2.24, 2.45) is 10.9 Å². The van der Waals surface area contributed by atoms with Gasteiger partial charge in [-0.25, -0.2) is 4.98 Å². The third kappa shape index (κ3) is 3.45. The molecule has 1 aromatic rings. The van der Waals surface area contributed by atoms with Gasteiger partial charge in [0.25, 0.3) is 0 Å². The zero-order valence-electron chi connectivity index (χ0n) is 11.4. The zero-order chi connectivity index (χ0) is 13.0. The van der Waals surface area contributed by atoms with Crippen molar-refractivity contribution in [1.82, 2.24) is 15.2 Å². The third-order valence-electron chi connectivity index (χ3n) is 3.41. The minimum Gasteiger partial charge on any atom is -0.356 e. The normalized spacial score (nSPS) is 16.5.